The summed E-state index contributed by atoms with van der Waals surface area (Å²) in [5, 5.41) is 5.51. The fraction of sp³-hybridized carbons (Fsp3) is 0.583. The van der Waals surface area contributed by atoms with E-state index in [0.717, 1.165) is 0 Å². The third-order valence-electron chi connectivity index (χ3n) is 2.37. The molecule has 4 nitrogen and oxygen atoms in total. The average Bonchev–Trinajstić information content (AvgIpc) is 2.75. The first-order valence-electron chi connectivity index (χ1n) is 5.74. The molecule has 0 fully saturated rings. The Labute approximate surface area is 106 Å². The molecule has 1 atom stereocenters. The number of hydrogen-bond acceptors (Lipinski definition) is 4. The van der Waals surface area contributed by atoms with Crippen LogP contribution < -0.4 is 11.1 Å². The normalized spacial score (nSPS) is 12.9. The molecule has 96 valence electrons. The summed E-state index contributed by atoms with van der Waals surface area (Å²) in [6, 6.07) is 4.53. The topological polar surface area (TPSA) is 64.3 Å². The van der Waals surface area contributed by atoms with Crippen LogP contribution in [0, 0.1) is 5.92 Å². The van der Waals surface area contributed by atoms with Crippen molar-refractivity contribution < 1.29 is 9.53 Å². The molecule has 1 aromatic heterocycles. The molecule has 1 heterocycles. The van der Waals surface area contributed by atoms with Crippen LogP contribution in [0.25, 0.3) is 0 Å². The summed E-state index contributed by atoms with van der Waals surface area (Å²) >= 11 is 1.75. The first kappa shape index (κ1) is 14.2. The molecular formula is C12H20N2O2S. The van der Waals surface area contributed by atoms with Gasteiger partial charge in [0.2, 0.25) is 5.91 Å². The molecule has 5 heteroatoms. The first-order chi connectivity index (χ1) is 8.11. The number of carbonyl (C=O) groups is 1. The Bertz CT molecular complexity index is 325. The monoisotopic (exact) mass is 256 g/mol. The minimum atomic E-state index is -0.427. The van der Waals surface area contributed by atoms with Crippen LogP contribution in [0.3, 0.4) is 0 Å². The summed E-state index contributed by atoms with van der Waals surface area (Å²) in [6.45, 7) is 5.57. The minimum absolute atomic E-state index is 0.00692. The lowest BCUT2D eigenvalue weighted by atomic mass is 10.0. The molecule has 0 radical (unpaired) electrons. The molecule has 0 aromatic carbocycles. The highest BCUT2D eigenvalue weighted by molar-refractivity contribution is 7.10. The van der Waals surface area contributed by atoms with Gasteiger partial charge < -0.3 is 15.8 Å². The van der Waals surface area contributed by atoms with E-state index in [-0.39, 0.29) is 6.61 Å². The molecule has 3 N–H and O–H groups in total. The number of thiophene rings is 1. The van der Waals surface area contributed by atoms with E-state index in [2.05, 4.69) is 36.7 Å². The summed E-state index contributed by atoms with van der Waals surface area (Å²) in [5.74, 6) is 0.0912. The van der Waals surface area contributed by atoms with Gasteiger partial charge in [0.25, 0.3) is 0 Å². The Hall–Kier alpha value is -0.910. The Morgan fingerprint density at radius 1 is 1.59 bits per heavy atom. The molecule has 0 saturated heterocycles. The lowest BCUT2D eigenvalue weighted by molar-refractivity contribution is -0.122. The third-order valence-corrected chi connectivity index (χ3v) is 3.33. The summed E-state index contributed by atoms with van der Waals surface area (Å²) in [6.07, 6.45) is 0. The second kappa shape index (κ2) is 7.42. The zero-order valence-corrected chi connectivity index (χ0v) is 11.1. The zero-order chi connectivity index (χ0) is 12.7. The Morgan fingerprint density at radius 2 is 2.35 bits per heavy atom. The Balaban J connectivity index is 2.29. The van der Waals surface area contributed by atoms with Crippen molar-refractivity contribution in [2.45, 2.75) is 19.9 Å². The lowest BCUT2D eigenvalue weighted by Gasteiger charge is -2.21. The van der Waals surface area contributed by atoms with Gasteiger partial charge in [-0.1, -0.05) is 19.9 Å². The van der Waals surface area contributed by atoms with Gasteiger partial charge in [-0.05, 0) is 17.4 Å². The average molecular weight is 256 g/mol. The van der Waals surface area contributed by atoms with E-state index in [9.17, 15) is 4.79 Å². The van der Waals surface area contributed by atoms with Crippen LogP contribution in [0.1, 0.15) is 24.8 Å². The van der Waals surface area contributed by atoms with Crippen LogP contribution in [0.5, 0.6) is 0 Å². The Morgan fingerprint density at radius 3 is 2.88 bits per heavy atom. The molecule has 0 spiro atoms. The van der Waals surface area contributed by atoms with Gasteiger partial charge in [-0.3, -0.25) is 4.79 Å². The van der Waals surface area contributed by atoms with Gasteiger partial charge in [0.1, 0.15) is 6.61 Å². The highest BCUT2D eigenvalue weighted by atomic mass is 32.1. The van der Waals surface area contributed by atoms with Crippen LogP contribution >= 0.6 is 11.3 Å². The summed E-state index contributed by atoms with van der Waals surface area (Å²) in [4.78, 5) is 11.8. The van der Waals surface area contributed by atoms with Gasteiger partial charge in [0.05, 0.1) is 6.61 Å². The van der Waals surface area contributed by atoms with Gasteiger partial charge in [0.15, 0.2) is 0 Å². The van der Waals surface area contributed by atoms with Crippen LogP contribution in [0.2, 0.25) is 0 Å². The number of rotatable bonds is 8. The van der Waals surface area contributed by atoms with Gasteiger partial charge in [-0.25, -0.2) is 0 Å². The molecule has 17 heavy (non-hydrogen) atoms. The van der Waals surface area contributed by atoms with Crippen molar-refractivity contribution in [3.8, 4) is 0 Å². The number of nitrogens with two attached hydrogens (primary N) is 1. The van der Waals surface area contributed by atoms with Crippen LogP contribution in [-0.4, -0.2) is 25.7 Å². The van der Waals surface area contributed by atoms with E-state index in [1.807, 2.05) is 0 Å². The molecule has 0 bridgehead atoms. The molecule has 1 amide bonds. The molecule has 1 unspecified atom stereocenters. The number of amides is 1. The lowest BCUT2D eigenvalue weighted by Crippen LogP contribution is -2.29. The fourth-order valence-corrected chi connectivity index (χ4v) is 2.57. The van der Waals surface area contributed by atoms with E-state index in [0.29, 0.717) is 25.1 Å². The van der Waals surface area contributed by atoms with E-state index in [1.54, 1.807) is 11.3 Å². The third kappa shape index (κ3) is 5.30. The molecular weight excluding hydrogens is 236 g/mol. The highest BCUT2D eigenvalue weighted by Crippen LogP contribution is 2.25. The zero-order valence-electron chi connectivity index (χ0n) is 10.3. The van der Waals surface area contributed by atoms with Crippen molar-refractivity contribution in [2.24, 2.45) is 11.7 Å². The SMILES string of the molecule is CC(C)C(NCCOCC(N)=O)c1cccs1. The molecule has 0 aliphatic rings. The quantitative estimate of drug-likeness (QED) is 0.693. The smallest absolute Gasteiger partial charge is 0.243 e. The predicted molar refractivity (Wildman–Crippen MR) is 69.9 cm³/mol. The molecule has 0 saturated carbocycles. The van der Waals surface area contributed by atoms with E-state index >= 15 is 0 Å². The number of nitrogens with one attached hydrogen (secondary N) is 1. The largest absolute Gasteiger partial charge is 0.370 e. The summed E-state index contributed by atoms with van der Waals surface area (Å²) in [7, 11) is 0. The van der Waals surface area contributed by atoms with Crippen molar-refractivity contribution in [1.82, 2.24) is 5.32 Å². The predicted octanol–water partition coefficient (Wildman–Crippen LogP) is 1.54. The molecule has 1 aromatic rings. The van der Waals surface area contributed by atoms with Crippen LogP contribution in [-0.2, 0) is 9.53 Å². The number of primary amides is 1. The van der Waals surface area contributed by atoms with Crippen molar-refractivity contribution >= 4 is 17.2 Å². The van der Waals surface area contributed by atoms with E-state index < -0.39 is 5.91 Å². The molecule has 1 rings (SSSR count). The fourth-order valence-electron chi connectivity index (χ4n) is 1.59. The van der Waals surface area contributed by atoms with Crippen molar-refractivity contribution in [3.63, 3.8) is 0 Å². The van der Waals surface area contributed by atoms with Gasteiger partial charge in [-0.15, -0.1) is 11.3 Å². The summed E-state index contributed by atoms with van der Waals surface area (Å²) in [5.41, 5.74) is 4.98. The second-order valence-corrected chi connectivity index (χ2v) is 5.19. The second-order valence-electron chi connectivity index (χ2n) is 4.21. The maximum atomic E-state index is 10.5. The first-order valence-corrected chi connectivity index (χ1v) is 6.62. The van der Waals surface area contributed by atoms with Crippen LogP contribution in [0.15, 0.2) is 17.5 Å². The molecule has 0 aliphatic heterocycles. The van der Waals surface area contributed by atoms with Crippen molar-refractivity contribution in [1.29, 1.82) is 0 Å². The van der Waals surface area contributed by atoms with Gasteiger partial charge in [0, 0.05) is 17.5 Å². The standard InChI is InChI=1S/C12H20N2O2S/c1-9(2)12(10-4-3-7-17-10)14-5-6-16-8-11(13)15/h3-4,7,9,12,14H,5-6,8H2,1-2H3,(H2,13,15). The molecule has 0 aliphatic carbocycles. The van der Waals surface area contributed by atoms with Gasteiger partial charge >= 0.3 is 0 Å². The van der Waals surface area contributed by atoms with Crippen molar-refractivity contribution in [2.75, 3.05) is 19.8 Å². The maximum absolute atomic E-state index is 10.5. The van der Waals surface area contributed by atoms with Gasteiger partial charge in [-0.2, -0.15) is 0 Å². The van der Waals surface area contributed by atoms with Crippen molar-refractivity contribution in [3.05, 3.63) is 22.4 Å². The number of hydrogen-bond donors (Lipinski definition) is 2. The van der Waals surface area contributed by atoms with Crippen LogP contribution in [0.4, 0.5) is 0 Å². The minimum Gasteiger partial charge on any atom is -0.370 e. The number of carbonyl (C=O) groups excluding carboxylic acids is 1. The Kier molecular flexibility index (Phi) is 6.18. The van der Waals surface area contributed by atoms with E-state index in [1.165, 1.54) is 4.88 Å². The maximum Gasteiger partial charge on any atom is 0.243 e. The highest BCUT2D eigenvalue weighted by Gasteiger charge is 2.15. The number of ether oxygens (including phenoxy) is 1. The van der Waals surface area contributed by atoms with E-state index in [4.69, 9.17) is 10.5 Å². The summed E-state index contributed by atoms with van der Waals surface area (Å²) < 4.78 is 5.11.